The van der Waals surface area contributed by atoms with E-state index >= 15 is 0 Å². The van der Waals surface area contributed by atoms with Crippen molar-refractivity contribution in [2.45, 2.75) is 19.3 Å². The van der Waals surface area contributed by atoms with Crippen LogP contribution in [0.2, 0.25) is 0 Å². The average molecular weight is 180 g/mol. The van der Waals surface area contributed by atoms with Crippen LogP contribution in [0.25, 0.3) is 0 Å². The molecule has 0 bridgehead atoms. The molecule has 0 spiro atoms. The van der Waals surface area contributed by atoms with E-state index in [1.807, 2.05) is 0 Å². The minimum atomic E-state index is 0.00534. The summed E-state index contributed by atoms with van der Waals surface area (Å²) in [5.74, 6) is 2.34. The summed E-state index contributed by atoms with van der Waals surface area (Å²) < 4.78 is 2.23. The van der Waals surface area contributed by atoms with E-state index in [0.717, 1.165) is 0 Å². The molecule has 0 saturated heterocycles. The number of allylic oxidation sites excluding steroid dienone is 3. The molecule has 2 heteroatoms. The van der Waals surface area contributed by atoms with E-state index in [1.54, 1.807) is 10.9 Å². The number of nitrogens with zero attached hydrogens (tertiary/aromatic N) is 1. The van der Waals surface area contributed by atoms with Crippen LogP contribution in [0, 0.1) is 0 Å². The van der Waals surface area contributed by atoms with Crippen LogP contribution in [-0.2, 0) is 0 Å². The van der Waals surface area contributed by atoms with Crippen LogP contribution >= 0.6 is 7.92 Å². The van der Waals surface area contributed by atoms with Gasteiger partial charge in [-0.05, 0) is 31.2 Å². The second-order valence-corrected chi connectivity index (χ2v) is 5.46. The van der Waals surface area contributed by atoms with Gasteiger partial charge in [-0.1, -0.05) is 6.08 Å². The van der Waals surface area contributed by atoms with Gasteiger partial charge in [0.25, 0.3) is 0 Å². The summed E-state index contributed by atoms with van der Waals surface area (Å²) in [6.45, 7) is 2.34. The SMILES string of the molecule is C[N+]1=CP(C)C2=CCCCC2=C1. The maximum absolute atomic E-state index is 2.44. The number of rotatable bonds is 0. The zero-order valence-electron chi connectivity index (χ0n) is 7.75. The standard InChI is InChI=1S/C10H15NP/c1-11-7-9-5-3-4-6-10(9)12(2)8-11/h6-8H,3-5H2,1-2H3/q+1. The molecule has 0 aromatic heterocycles. The Bertz CT molecular complexity index is 286. The van der Waals surface area contributed by atoms with Crippen LogP contribution in [0.15, 0.2) is 23.2 Å². The van der Waals surface area contributed by atoms with Crippen LogP contribution in [-0.4, -0.2) is 24.2 Å². The van der Waals surface area contributed by atoms with Crippen LogP contribution < -0.4 is 0 Å². The molecule has 0 saturated carbocycles. The fourth-order valence-electron chi connectivity index (χ4n) is 1.91. The van der Waals surface area contributed by atoms with Gasteiger partial charge in [0.2, 0.25) is 0 Å². The third-order valence-corrected chi connectivity index (χ3v) is 4.35. The van der Waals surface area contributed by atoms with Gasteiger partial charge >= 0.3 is 0 Å². The summed E-state index contributed by atoms with van der Waals surface area (Å²) in [5.41, 5.74) is 1.58. The Morgan fingerprint density at radius 3 is 3.17 bits per heavy atom. The molecule has 2 rings (SSSR count). The largest absolute Gasteiger partial charge is 0.207 e. The van der Waals surface area contributed by atoms with Gasteiger partial charge in [0.15, 0.2) is 12.2 Å². The van der Waals surface area contributed by atoms with E-state index in [-0.39, 0.29) is 7.92 Å². The summed E-state index contributed by atoms with van der Waals surface area (Å²) in [5, 5.41) is 1.63. The molecule has 0 amide bonds. The minimum absolute atomic E-state index is 0.00534. The van der Waals surface area contributed by atoms with E-state index in [9.17, 15) is 0 Å². The van der Waals surface area contributed by atoms with Crippen molar-refractivity contribution >= 4 is 13.9 Å². The lowest BCUT2D eigenvalue weighted by molar-refractivity contribution is -0.415. The Morgan fingerprint density at radius 1 is 1.50 bits per heavy atom. The summed E-state index contributed by atoms with van der Waals surface area (Å²) in [6.07, 6.45) is 8.64. The molecular formula is C10H15NP+. The third kappa shape index (κ3) is 1.38. The Kier molecular flexibility index (Phi) is 2.14. The lowest BCUT2D eigenvalue weighted by atomic mass is 10.0. The fourth-order valence-corrected chi connectivity index (χ4v) is 3.68. The molecule has 12 heavy (non-hydrogen) atoms. The van der Waals surface area contributed by atoms with Crippen molar-refractivity contribution in [3.05, 3.63) is 23.2 Å². The molecule has 0 fully saturated rings. The van der Waals surface area contributed by atoms with Gasteiger partial charge in [0, 0.05) is 13.5 Å². The van der Waals surface area contributed by atoms with Crippen molar-refractivity contribution in [3.63, 3.8) is 0 Å². The predicted octanol–water partition coefficient (Wildman–Crippen LogP) is 2.73. The van der Waals surface area contributed by atoms with Gasteiger partial charge in [-0.15, -0.1) is 0 Å². The minimum Gasteiger partial charge on any atom is -0.207 e. The van der Waals surface area contributed by atoms with Gasteiger partial charge in [-0.25, -0.2) is 4.58 Å². The molecule has 1 nitrogen and oxygen atoms in total. The summed E-state index contributed by atoms with van der Waals surface area (Å²) in [4.78, 5) is 0. The molecule has 1 aliphatic heterocycles. The van der Waals surface area contributed by atoms with Crippen molar-refractivity contribution in [2.75, 3.05) is 13.7 Å². The molecule has 1 aliphatic carbocycles. The molecule has 0 N–H and O–H groups in total. The zero-order chi connectivity index (χ0) is 8.55. The lowest BCUT2D eigenvalue weighted by Gasteiger charge is -2.20. The van der Waals surface area contributed by atoms with E-state index in [4.69, 9.17) is 0 Å². The Hall–Kier alpha value is -0.420. The summed E-state index contributed by atoms with van der Waals surface area (Å²) in [6, 6.07) is 0. The maximum atomic E-state index is 2.44. The molecule has 1 unspecified atom stereocenters. The lowest BCUT2D eigenvalue weighted by Crippen LogP contribution is -2.08. The first kappa shape index (κ1) is 8.19. The molecule has 0 radical (unpaired) electrons. The quantitative estimate of drug-likeness (QED) is 0.398. The topological polar surface area (TPSA) is 3.01 Å². The van der Waals surface area contributed by atoms with Gasteiger partial charge < -0.3 is 0 Å². The Labute approximate surface area is 75.2 Å². The van der Waals surface area contributed by atoms with Crippen LogP contribution in [0.3, 0.4) is 0 Å². The number of hydrogen-bond donors (Lipinski definition) is 0. The Morgan fingerprint density at radius 2 is 2.33 bits per heavy atom. The fraction of sp³-hybridized carbons (Fsp3) is 0.500. The Balaban J connectivity index is 2.38. The van der Waals surface area contributed by atoms with E-state index in [0.29, 0.717) is 0 Å². The second-order valence-electron chi connectivity index (χ2n) is 3.53. The first-order chi connectivity index (χ1) is 5.77. The zero-order valence-corrected chi connectivity index (χ0v) is 8.64. The second kappa shape index (κ2) is 3.14. The van der Waals surface area contributed by atoms with E-state index in [2.05, 4.69) is 36.5 Å². The van der Waals surface area contributed by atoms with Crippen LogP contribution in [0.4, 0.5) is 0 Å². The molecular weight excluding hydrogens is 165 g/mol. The predicted molar refractivity (Wildman–Crippen MR) is 55.1 cm³/mol. The highest BCUT2D eigenvalue weighted by Gasteiger charge is 2.22. The normalized spacial score (nSPS) is 28.5. The van der Waals surface area contributed by atoms with Crippen LogP contribution in [0.1, 0.15) is 19.3 Å². The number of fused-ring (bicyclic) bond motifs is 1. The molecule has 1 heterocycles. The van der Waals surface area contributed by atoms with E-state index in [1.165, 1.54) is 19.3 Å². The van der Waals surface area contributed by atoms with Crippen molar-refractivity contribution in [1.82, 2.24) is 0 Å². The highest BCUT2D eigenvalue weighted by atomic mass is 31.1. The van der Waals surface area contributed by atoms with Gasteiger partial charge in [0.05, 0.1) is 0 Å². The van der Waals surface area contributed by atoms with Gasteiger partial charge in [-0.2, -0.15) is 0 Å². The van der Waals surface area contributed by atoms with E-state index < -0.39 is 0 Å². The third-order valence-electron chi connectivity index (χ3n) is 2.41. The first-order valence-electron chi connectivity index (χ1n) is 4.48. The van der Waals surface area contributed by atoms with Crippen molar-refractivity contribution in [3.8, 4) is 0 Å². The van der Waals surface area contributed by atoms with Gasteiger partial charge in [-0.3, -0.25) is 0 Å². The molecule has 1 atom stereocenters. The highest BCUT2D eigenvalue weighted by molar-refractivity contribution is 7.75. The molecule has 2 aliphatic rings. The monoisotopic (exact) mass is 180 g/mol. The van der Waals surface area contributed by atoms with Crippen LogP contribution in [0.5, 0.6) is 0 Å². The first-order valence-corrected chi connectivity index (χ1v) is 6.34. The number of hydrogen-bond acceptors (Lipinski definition) is 0. The van der Waals surface area contributed by atoms with Crippen molar-refractivity contribution in [1.29, 1.82) is 0 Å². The molecule has 64 valence electrons. The average Bonchev–Trinajstić information content (AvgIpc) is 2.04. The molecule has 0 aromatic carbocycles. The highest BCUT2D eigenvalue weighted by Crippen LogP contribution is 2.47. The molecule has 0 aromatic rings. The van der Waals surface area contributed by atoms with Gasteiger partial charge in [0.1, 0.15) is 7.05 Å². The van der Waals surface area contributed by atoms with Crippen molar-refractivity contribution < 1.29 is 4.58 Å². The maximum Gasteiger partial charge on any atom is 0.172 e. The summed E-state index contributed by atoms with van der Waals surface area (Å²) >= 11 is 0. The summed E-state index contributed by atoms with van der Waals surface area (Å²) in [7, 11) is 2.14. The smallest absolute Gasteiger partial charge is 0.172 e. The van der Waals surface area contributed by atoms with Crippen molar-refractivity contribution in [2.24, 2.45) is 0 Å².